The zero-order valence-corrected chi connectivity index (χ0v) is 10.4. The molecule has 0 aromatic heterocycles. The third-order valence-electron chi connectivity index (χ3n) is 2.37. The third-order valence-corrected chi connectivity index (χ3v) is 2.86. The summed E-state index contributed by atoms with van der Waals surface area (Å²) >= 11 is 10.9. The molecule has 2 rings (SSSR count). The lowest BCUT2D eigenvalue weighted by molar-refractivity contribution is 0.987. The van der Waals surface area contributed by atoms with Crippen molar-refractivity contribution < 1.29 is 0 Å². The molecule has 0 bridgehead atoms. The fourth-order valence-corrected chi connectivity index (χ4v) is 1.80. The minimum atomic E-state index is 0.743. The summed E-state index contributed by atoms with van der Waals surface area (Å²) in [6.07, 6.45) is 2.83. The van der Waals surface area contributed by atoms with Crippen LogP contribution in [0.1, 0.15) is 18.9 Å². The quantitative estimate of drug-likeness (QED) is 0.773. The zero-order valence-electron chi connectivity index (χ0n) is 8.83. The number of rotatable bonds is 1. The smallest absolute Gasteiger partial charge is 0.101 e. The van der Waals surface area contributed by atoms with E-state index in [-0.39, 0.29) is 0 Å². The summed E-state index contributed by atoms with van der Waals surface area (Å²) < 4.78 is 0. The van der Waals surface area contributed by atoms with Crippen molar-refractivity contribution in [2.75, 3.05) is 0 Å². The average Bonchev–Trinajstić information content (AvgIpc) is 2.27. The molecule has 0 saturated heterocycles. The summed E-state index contributed by atoms with van der Waals surface area (Å²) in [4.78, 5) is 0.755. The number of nitrogens with one attached hydrogen (secondary N) is 1. The number of thiocarbonyl (C=S) groups is 1. The minimum absolute atomic E-state index is 0.743. The molecule has 2 nitrogen and oxygen atoms in total. The van der Waals surface area contributed by atoms with Gasteiger partial charge in [-0.1, -0.05) is 36.0 Å². The monoisotopic (exact) mass is 250 g/mol. The summed E-state index contributed by atoms with van der Waals surface area (Å²) in [6.45, 7) is 1.97. The van der Waals surface area contributed by atoms with Gasteiger partial charge in [-0.05, 0) is 36.3 Å². The number of nitrogens with zero attached hydrogens (tertiary/aromatic N) is 1. The molecule has 1 aliphatic heterocycles. The van der Waals surface area contributed by atoms with E-state index < -0.39 is 0 Å². The Kier molecular flexibility index (Phi) is 3.36. The topological polar surface area (TPSA) is 24.4 Å². The lowest BCUT2D eigenvalue weighted by Crippen LogP contribution is -2.24. The van der Waals surface area contributed by atoms with Gasteiger partial charge < -0.3 is 0 Å². The molecular weight excluding hydrogens is 240 g/mol. The maximum atomic E-state index is 5.83. The molecule has 1 aromatic rings. The molecule has 82 valence electrons. The molecule has 1 aliphatic rings. The maximum absolute atomic E-state index is 5.83. The third kappa shape index (κ3) is 2.68. The molecule has 1 heterocycles. The summed E-state index contributed by atoms with van der Waals surface area (Å²) in [5.41, 5.74) is 6.04. The van der Waals surface area contributed by atoms with E-state index in [1.807, 2.05) is 31.2 Å². The van der Waals surface area contributed by atoms with Crippen LogP contribution in [0.25, 0.3) is 6.08 Å². The predicted octanol–water partition coefficient (Wildman–Crippen LogP) is 3.42. The van der Waals surface area contributed by atoms with Crippen LogP contribution >= 0.6 is 23.8 Å². The number of benzene rings is 1. The molecule has 0 fully saturated rings. The highest BCUT2D eigenvalue weighted by Gasteiger charge is 2.10. The van der Waals surface area contributed by atoms with Gasteiger partial charge in [0.2, 0.25) is 0 Å². The first-order valence-electron chi connectivity index (χ1n) is 4.95. The highest BCUT2D eigenvalue weighted by molar-refractivity contribution is 7.80. The largest absolute Gasteiger partial charge is 0.271 e. The van der Waals surface area contributed by atoms with Gasteiger partial charge in [0.15, 0.2) is 0 Å². The normalized spacial score (nSPS) is 18.2. The predicted molar refractivity (Wildman–Crippen MR) is 72.9 cm³/mol. The molecular formula is C12H11ClN2S. The second-order valence-electron chi connectivity index (χ2n) is 3.63. The van der Waals surface area contributed by atoms with E-state index >= 15 is 0 Å². The van der Waals surface area contributed by atoms with Crippen LogP contribution in [-0.4, -0.2) is 10.7 Å². The Morgan fingerprint density at radius 1 is 1.38 bits per heavy atom. The van der Waals surface area contributed by atoms with Gasteiger partial charge in [0, 0.05) is 11.4 Å². The SMILES string of the molecule is CC1=NNC(=S)CC1=Cc1ccc(Cl)cc1. The van der Waals surface area contributed by atoms with Crippen molar-refractivity contribution >= 4 is 40.6 Å². The summed E-state index contributed by atoms with van der Waals surface area (Å²) in [7, 11) is 0. The van der Waals surface area contributed by atoms with Gasteiger partial charge in [-0.15, -0.1) is 0 Å². The van der Waals surface area contributed by atoms with E-state index in [0.717, 1.165) is 33.3 Å². The Bertz CT molecular complexity index is 474. The van der Waals surface area contributed by atoms with Crippen LogP contribution in [0.2, 0.25) is 5.02 Å². The van der Waals surface area contributed by atoms with Crippen molar-refractivity contribution in [2.45, 2.75) is 13.3 Å². The van der Waals surface area contributed by atoms with Crippen LogP contribution in [0.5, 0.6) is 0 Å². The molecule has 4 heteroatoms. The van der Waals surface area contributed by atoms with Gasteiger partial charge >= 0.3 is 0 Å². The van der Waals surface area contributed by atoms with Gasteiger partial charge in [0.05, 0.1) is 5.71 Å². The van der Waals surface area contributed by atoms with Crippen molar-refractivity contribution in [2.24, 2.45) is 5.10 Å². The Balaban J connectivity index is 2.29. The molecule has 0 aliphatic carbocycles. The number of hydrazone groups is 1. The Morgan fingerprint density at radius 2 is 2.06 bits per heavy atom. The summed E-state index contributed by atoms with van der Waals surface area (Å²) in [5, 5.41) is 4.88. The van der Waals surface area contributed by atoms with Crippen molar-refractivity contribution in [1.82, 2.24) is 5.43 Å². The van der Waals surface area contributed by atoms with Gasteiger partial charge in [-0.2, -0.15) is 5.10 Å². The van der Waals surface area contributed by atoms with Gasteiger partial charge in [0.1, 0.15) is 4.99 Å². The fraction of sp³-hybridized carbons (Fsp3) is 0.167. The molecule has 0 amide bonds. The zero-order chi connectivity index (χ0) is 11.5. The van der Waals surface area contributed by atoms with Crippen molar-refractivity contribution in [3.05, 3.63) is 40.4 Å². The lowest BCUT2D eigenvalue weighted by Gasteiger charge is -2.14. The maximum Gasteiger partial charge on any atom is 0.101 e. The standard InChI is InChI=1S/C12H11ClN2S/c1-8-10(7-12(16)15-14-8)6-9-2-4-11(13)5-3-9/h2-6H,7H2,1H3,(H,15,16). The van der Waals surface area contributed by atoms with Gasteiger partial charge in [-0.3, -0.25) is 5.43 Å². The Morgan fingerprint density at radius 3 is 2.75 bits per heavy atom. The van der Waals surface area contributed by atoms with E-state index in [2.05, 4.69) is 16.6 Å². The summed E-state index contributed by atoms with van der Waals surface area (Å²) in [6, 6.07) is 7.71. The molecule has 0 radical (unpaired) electrons. The van der Waals surface area contributed by atoms with Crippen LogP contribution in [0.15, 0.2) is 34.9 Å². The molecule has 0 saturated carbocycles. The second kappa shape index (κ2) is 4.76. The second-order valence-corrected chi connectivity index (χ2v) is 4.56. The number of halogens is 1. The van der Waals surface area contributed by atoms with Crippen molar-refractivity contribution in [3.63, 3.8) is 0 Å². The summed E-state index contributed by atoms with van der Waals surface area (Å²) in [5.74, 6) is 0. The van der Waals surface area contributed by atoms with Gasteiger partial charge in [-0.25, -0.2) is 0 Å². The van der Waals surface area contributed by atoms with E-state index in [1.54, 1.807) is 0 Å². The molecule has 1 aromatic carbocycles. The average molecular weight is 251 g/mol. The van der Waals surface area contributed by atoms with Crippen LogP contribution in [0.3, 0.4) is 0 Å². The molecule has 0 unspecified atom stereocenters. The molecule has 16 heavy (non-hydrogen) atoms. The highest BCUT2D eigenvalue weighted by atomic mass is 35.5. The molecule has 0 spiro atoms. The van der Waals surface area contributed by atoms with Crippen molar-refractivity contribution in [3.8, 4) is 0 Å². The molecule has 0 atom stereocenters. The lowest BCUT2D eigenvalue weighted by atomic mass is 10.0. The van der Waals surface area contributed by atoms with E-state index in [9.17, 15) is 0 Å². The van der Waals surface area contributed by atoms with Crippen LogP contribution in [0.4, 0.5) is 0 Å². The van der Waals surface area contributed by atoms with Crippen molar-refractivity contribution in [1.29, 1.82) is 0 Å². The first-order chi connectivity index (χ1) is 7.65. The molecule has 1 N–H and O–H groups in total. The number of hydrogen-bond donors (Lipinski definition) is 1. The van der Waals surface area contributed by atoms with E-state index in [0.29, 0.717) is 0 Å². The van der Waals surface area contributed by atoms with E-state index in [1.165, 1.54) is 0 Å². The number of hydrogen-bond acceptors (Lipinski definition) is 2. The van der Waals surface area contributed by atoms with E-state index in [4.69, 9.17) is 23.8 Å². The minimum Gasteiger partial charge on any atom is -0.271 e. The first-order valence-corrected chi connectivity index (χ1v) is 5.73. The van der Waals surface area contributed by atoms with Crippen LogP contribution < -0.4 is 5.43 Å². The highest BCUT2D eigenvalue weighted by Crippen LogP contribution is 2.17. The Labute approximate surface area is 105 Å². The first kappa shape index (κ1) is 11.3. The van der Waals surface area contributed by atoms with Crippen LogP contribution in [0, 0.1) is 0 Å². The fourth-order valence-electron chi connectivity index (χ4n) is 1.47. The van der Waals surface area contributed by atoms with Crippen LogP contribution in [-0.2, 0) is 0 Å². The van der Waals surface area contributed by atoms with Gasteiger partial charge in [0.25, 0.3) is 0 Å². The Hall–Kier alpha value is -1.19.